The molecule has 0 saturated heterocycles. The molecular formula is C16H14N2O3. The lowest BCUT2D eigenvalue weighted by Crippen LogP contribution is -2.11. The SMILES string of the molecule is CCOC(=O)c1nc(Cc2ccccc2)c2occc2n1. The number of benzene rings is 1. The van der Waals surface area contributed by atoms with Crippen LogP contribution < -0.4 is 0 Å². The second-order valence-corrected chi connectivity index (χ2v) is 4.51. The number of furan rings is 1. The van der Waals surface area contributed by atoms with Crippen molar-refractivity contribution in [3.63, 3.8) is 0 Å². The van der Waals surface area contributed by atoms with Gasteiger partial charge in [-0.25, -0.2) is 14.8 Å². The van der Waals surface area contributed by atoms with E-state index in [1.165, 1.54) is 0 Å². The average molecular weight is 282 g/mol. The molecule has 3 aromatic rings. The summed E-state index contributed by atoms with van der Waals surface area (Å²) in [6, 6.07) is 11.6. The largest absolute Gasteiger partial charge is 0.461 e. The number of ether oxygens (including phenoxy) is 1. The van der Waals surface area contributed by atoms with Crippen molar-refractivity contribution in [3.8, 4) is 0 Å². The molecular weight excluding hydrogens is 268 g/mol. The zero-order valence-electron chi connectivity index (χ0n) is 11.6. The van der Waals surface area contributed by atoms with Crippen LogP contribution in [0.4, 0.5) is 0 Å². The minimum absolute atomic E-state index is 0.0664. The lowest BCUT2D eigenvalue weighted by molar-refractivity contribution is 0.0512. The van der Waals surface area contributed by atoms with Crippen LogP contribution in [0.25, 0.3) is 11.1 Å². The minimum atomic E-state index is -0.519. The average Bonchev–Trinajstić information content (AvgIpc) is 2.97. The molecule has 0 atom stereocenters. The van der Waals surface area contributed by atoms with Crippen LogP contribution in [0.15, 0.2) is 47.1 Å². The summed E-state index contributed by atoms with van der Waals surface area (Å²) in [6.45, 7) is 2.04. The number of aromatic nitrogens is 2. The summed E-state index contributed by atoms with van der Waals surface area (Å²) in [6.07, 6.45) is 2.11. The Kier molecular flexibility index (Phi) is 3.64. The second kappa shape index (κ2) is 5.75. The van der Waals surface area contributed by atoms with Gasteiger partial charge in [-0.1, -0.05) is 30.3 Å². The Labute approximate surface area is 121 Å². The van der Waals surface area contributed by atoms with Crippen molar-refractivity contribution >= 4 is 17.1 Å². The fourth-order valence-electron chi connectivity index (χ4n) is 2.12. The molecule has 2 aromatic heterocycles. The molecule has 0 saturated carbocycles. The lowest BCUT2D eigenvalue weighted by atomic mass is 10.1. The Morgan fingerprint density at radius 3 is 2.76 bits per heavy atom. The quantitative estimate of drug-likeness (QED) is 0.688. The van der Waals surface area contributed by atoms with Gasteiger partial charge in [-0.2, -0.15) is 0 Å². The van der Waals surface area contributed by atoms with Gasteiger partial charge >= 0.3 is 5.97 Å². The first kappa shape index (κ1) is 13.3. The van der Waals surface area contributed by atoms with Crippen molar-refractivity contribution < 1.29 is 13.9 Å². The topological polar surface area (TPSA) is 65.2 Å². The maximum atomic E-state index is 11.8. The van der Waals surface area contributed by atoms with Crippen molar-refractivity contribution in [2.75, 3.05) is 6.61 Å². The fraction of sp³-hybridized carbons (Fsp3) is 0.188. The third-order valence-electron chi connectivity index (χ3n) is 3.05. The number of carbonyl (C=O) groups is 1. The zero-order chi connectivity index (χ0) is 14.7. The molecule has 0 spiro atoms. The standard InChI is InChI=1S/C16H14N2O3/c1-2-20-16(19)15-17-12-8-9-21-14(12)13(18-15)10-11-6-4-3-5-7-11/h3-9H,2,10H2,1H3. The highest BCUT2D eigenvalue weighted by Gasteiger charge is 2.17. The second-order valence-electron chi connectivity index (χ2n) is 4.51. The van der Waals surface area contributed by atoms with Crippen molar-refractivity contribution in [3.05, 3.63) is 59.7 Å². The normalized spacial score (nSPS) is 10.7. The third-order valence-corrected chi connectivity index (χ3v) is 3.05. The van der Waals surface area contributed by atoms with Crippen LogP contribution in [-0.4, -0.2) is 22.5 Å². The van der Waals surface area contributed by atoms with Crippen LogP contribution in [-0.2, 0) is 11.2 Å². The molecule has 21 heavy (non-hydrogen) atoms. The first-order chi connectivity index (χ1) is 10.3. The van der Waals surface area contributed by atoms with Gasteiger partial charge in [0.2, 0.25) is 5.82 Å². The van der Waals surface area contributed by atoms with Crippen molar-refractivity contribution in [1.82, 2.24) is 9.97 Å². The molecule has 0 amide bonds. The molecule has 0 fully saturated rings. The van der Waals surface area contributed by atoms with Gasteiger partial charge in [-0.15, -0.1) is 0 Å². The van der Waals surface area contributed by atoms with Crippen molar-refractivity contribution in [2.45, 2.75) is 13.3 Å². The molecule has 5 nitrogen and oxygen atoms in total. The molecule has 0 N–H and O–H groups in total. The van der Waals surface area contributed by atoms with Gasteiger partial charge in [0.1, 0.15) is 5.52 Å². The maximum Gasteiger partial charge on any atom is 0.376 e. The van der Waals surface area contributed by atoms with E-state index in [2.05, 4.69) is 9.97 Å². The van der Waals surface area contributed by atoms with E-state index >= 15 is 0 Å². The fourth-order valence-corrected chi connectivity index (χ4v) is 2.12. The maximum absolute atomic E-state index is 11.8. The summed E-state index contributed by atoms with van der Waals surface area (Å²) in [4.78, 5) is 20.3. The van der Waals surface area contributed by atoms with E-state index < -0.39 is 5.97 Å². The van der Waals surface area contributed by atoms with Gasteiger partial charge in [0, 0.05) is 12.5 Å². The summed E-state index contributed by atoms with van der Waals surface area (Å²) in [5.41, 5.74) is 2.98. The van der Waals surface area contributed by atoms with Gasteiger partial charge in [0.15, 0.2) is 5.58 Å². The van der Waals surface area contributed by atoms with Crippen LogP contribution in [0.2, 0.25) is 0 Å². The van der Waals surface area contributed by atoms with E-state index in [1.807, 2.05) is 30.3 Å². The number of fused-ring (bicyclic) bond motifs is 1. The van der Waals surface area contributed by atoms with E-state index in [9.17, 15) is 4.79 Å². The molecule has 3 rings (SSSR count). The van der Waals surface area contributed by atoms with Gasteiger partial charge < -0.3 is 9.15 Å². The smallest absolute Gasteiger partial charge is 0.376 e. The highest BCUT2D eigenvalue weighted by Crippen LogP contribution is 2.20. The molecule has 106 valence electrons. The number of rotatable bonds is 4. The lowest BCUT2D eigenvalue weighted by Gasteiger charge is -2.05. The molecule has 0 aliphatic heterocycles. The Morgan fingerprint density at radius 1 is 1.19 bits per heavy atom. The van der Waals surface area contributed by atoms with E-state index in [4.69, 9.17) is 9.15 Å². The van der Waals surface area contributed by atoms with Gasteiger partial charge in [0.25, 0.3) is 0 Å². The Bertz CT molecular complexity index is 766. The van der Waals surface area contributed by atoms with Crippen molar-refractivity contribution in [2.24, 2.45) is 0 Å². The third kappa shape index (κ3) is 2.76. The van der Waals surface area contributed by atoms with E-state index in [1.54, 1.807) is 19.3 Å². The highest BCUT2D eigenvalue weighted by atomic mass is 16.5. The molecule has 5 heteroatoms. The van der Waals surface area contributed by atoms with Crippen LogP contribution >= 0.6 is 0 Å². The van der Waals surface area contributed by atoms with E-state index in [-0.39, 0.29) is 5.82 Å². The Balaban J connectivity index is 2.03. The van der Waals surface area contributed by atoms with Gasteiger partial charge in [-0.3, -0.25) is 0 Å². The van der Waals surface area contributed by atoms with Gasteiger partial charge in [-0.05, 0) is 12.5 Å². The van der Waals surface area contributed by atoms with E-state index in [0.717, 1.165) is 5.56 Å². The number of hydrogen-bond donors (Lipinski definition) is 0. The summed E-state index contributed by atoms with van der Waals surface area (Å²) in [7, 11) is 0. The number of nitrogens with zero attached hydrogens (tertiary/aromatic N) is 2. The predicted molar refractivity (Wildman–Crippen MR) is 77.0 cm³/mol. The molecule has 2 heterocycles. The monoisotopic (exact) mass is 282 g/mol. The molecule has 1 aromatic carbocycles. The zero-order valence-corrected chi connectivity index (χ0v) is 11.6. The number of esters is 1. The first-order valence-corrected chi connectivity index (χ1v) is 6.73. The summed E-state index contributed by atoms with van der Waals surface area (Å²) < 4.78 is 10.4. The Hall–Kier alpha value is -2.69. The first-order valence-electron chi connectivity index (χ1n) is 6.73. The predicted octanol–water partition coefficient (Wildman–Crippen LogP) is 2.99. The molecule has 0 aliphatic rings. The highest BCUT2D eigenvalue weighted by molar-refractivity contribution is 5.88. The number of hydrogen-bond acceptors (Lipinski definition) is 5. The van der Waals surface area contributed by atoms with Crippen LogP contribution in [0.5, 0.6) is 0 Å². The molecule has 0 unspecified atom stereocenters. The molecule has 0 aliphatic carbocycles. The Morgan fingerprint density at radius 2 is 2.00 bits per heavy atom. The summed E-state index contributed by atoms with van der Waals surface area (Å²) in [5.74, 6) is -0.452. The summed E-state index contributed by atoms with van der Waals surface area (Å²) >= 11 is 0. The van der Waals surface area contributed by atoms with E-state index in [0.29, 0.717) is 29.8 Å². The van der Waals surface area contributed by atoms with Crippen LogP contribution in [0.3, 0.4) is 0 Å². The molecule has 0 bridgehead atoms. The number of carbonyl (C=O) groups excluding carboxylic acids is 1. The summed E-state index contributed by atoms with van der Waals surface area (Å²) in [5, 5.41) is 0. The van der Waals surface area contributed by atoms with Gasteiger partial charge in [0.05, 0.1) is 18.6 Å². The van der Waals surface area contributed by atoms with Crippen LogP contribution in [0.1, 0.15) is 28.8 Å². The van der Waals surface area contributed by atoms with Crippen LogP contribution in [0, 0.1) is 0 Å². The minimum Gasteiger partial charge on any atom is -0.461 e. The van der Waals surface area contributed by atoms with Crippen molar-refractivity contribution in [1.29, 1.82) is 0 Å². The molecule has 0 radical (unpaired) electrons.